The summed E-state index contributed by atoms with van der Waals surface area (Å²) in [5.74, 6) is 0.965. The Morgan fingerprint density at radius 2 is 1.72 bits per heavy atom. The lowest BCUT2D eigenvalue weighted by atomic mass is 9.82. The molecular formula is C16H32N2. The number of hydrogen-bond donors (Lipinski definition) is 1. The summed E-state index contributed by atoms with van der Waals surface area (Å²) in [5.41, 5.74) is 0.576. The molecule has 2 rings (SSSR count). The van der Waals surface area contributed by atoms with Crippen LogP contribution in [0, 0.1) is 11.3 Å². The van der Waals surface area contributed by atoms with Crippen LogP contribution in [0.1, 0.15) is 58.3 Å². The fraction of sp³-hybridized carbons (Fsp3) is 1.00. The maximum Gasteiger partial charge on any atom is 0.00926 e. The third kappa shape index (κ3) is 3.48. The third-order valence-corrected chi connectivity index (χ3v) is 5.41. The Bertz CT molecular complexity index is 237. The molecule has 0 heterocycles. The van der Waals surface area contributed by atoms with Gasteiger partial charge in [0.05, 0.1) is 0 Å². The van der Waals surface area contributed by atoms with Crippen molar-refractivity contribution in [2.75, 3.05) is 27.2 Å². The van der Waals surface area contributed by atoms with E-state index in [1.165, 1.54) is 64.5 Å². The standard InChI is InChI=1S/C16H32N2/c1-14-6-8-15(9-7-14)18(3)13-16(12-17-2)10-4-5-11-16/h14-15,17H,4-13H2,1-3H3. The van der Waals surface area contributed by atoms with Gasteiger partial charge in [0.2, 0.25) is 0 Å². The third-order valence-electron chi connectivity index (χ3n) is 5.41. The van der Waals surface area contributed by atoms with Gasteiger partial charge in [-0.1, -0.05) is 19.8 Å². The molecule has 0 atom stereocenters. The summed E-state index contributed by atoms with van der Waals surface area (Å²) in [5, 5.41) is 3.44. The summed E-state index contributed by atoms with van der Waals surface area (Å²) in [6, 6.07) is 0.857. The Morgan fingerprint density at radius 1 is 1.11 bits per heavy atom. The summed E-state index contributed by atoms with van der Waals surface area (Å²) in [7, 11) is 4.48. The Balaban J connectivity index is 1.86. The summed E-state index contributed by atoms with van der Waals surface area (Å²) >= 11 is 0. The van der Waals surface area contributed by atoms with Gasteiger partial charge in [0.15, 0.2) is 0 Å². The molecule has 2 nitrogen and oxygen atoms in total. The minimum Gasteiger partial charge on any atom is -0.319 e. The second kappa shape index (κ2) is 6.38. The molecule has 0 amide bonds. The van der Waals surface area contributed by atoms with Crippen LogP contribution in [0.3, 0.4) is 0 Å². The zero-order valence-electron chi connectivity index (χ0n) is 12.7. The lowest BCUT2D eigenvalue weighted by Gasteiger charge is -2.40. The van der Waals surface area contributed by atoms with Gasteiger partial charge in [-0.25, -0.2) is 0 Å². The second-order valence-corrected chi connectivity index (χ2v) is 7.07. The molecule has 2 heteroatoms. The SMILES string of the molecule is CNCC1(CN(C)C2CCC(C)CC2)CCCC1. The van der Waals surface area contributed by atoms with Crippen LogP contribution in [-0.2, 0) is 0 Å². The fourth-order valence-electron chi connectivity index (χ4n) is 4.23. The van der Waals surface area contributed by atoms with Crippen LogP contribution < -0.4 is 5.32 Å². The maximum atomic E-state index is 3.44. The molecule has 2 aliphatic carbocycles. The maximum absolute atomic E-state index is 3.44. The van der Waals surface area contributed by atoms with E-state index in [0.29, 0.717) is 5.41 Å². The first-order valence-electron chi connectivity index (χ1n) is 8.00. The van der Waals surface area contributed by atoms with Crippen molar-refractivity contribution < 1.29 is 0 Å². The number of rotatable bonds is 5. The molecule has 0 aromatic heterocycles. The van der Waals surface area contributed by atoms with Gasteiger partial charge in [0, 0.05) is 19.1 Å². The van der Waals surface area contributed by atoms with Crippen molar-refractivity contribution in [1.29, 1.82) is 0 Å². The lowest BCUT2D eigenvalue weighted by Crippen LogP contribution is -2.45. The van der Waals surface area contributed by atoms with Crippen molar-refractivity contribution in [3.63, 3.8) is 0 Å². The molecule has 0 aliphatic heterocycles. The van der Waals surface area contributed by atoms with Gasteiger partial charge in [-0.3, -0.25) is 0 Å². The topological polar surface area (TPSA) is 15.3 Å². The number of hydrogen-bond acceptors (Lipinski definition) is 2. The Morgan fingerprint density at radius 3 is 2.28 bits per heavy atom. The highest BCUT2D eigenvalue weighted by molar-refractivity contribution is 4.90. The van der Waals surface area contributed by atoms with Gasteiger partial charge >= 0.3 is 0 Å². The Kier molecular flexibility index (Phi) is 5.08. The van der Waals surface area contributed by atoms with Crippen LogP contribution in [0.25, 0.3) is 0 Å². The molecule has 0 spiro atoms. The van der Waals surface area contributed by atoms with Crippen molar-refractivity contribution in [1.82, 2.24) is 10.2 Å². The summed E-state index contributed by atoms with van der Waals surface area (Å²) in [6.07, 6.45) is 11.5. The minimum atomic E-state index is 0.576. The predicted octanol–water partition coefficient (Wildman–Crippen LogP) is 3.28. The van der Waals surface area contributed by atoms with Crippen LogP contribution >= 0.6 is 0 Å². The van der Waals surface area contributed by atoms with E-state index in [1.807, 2.05) is 0 Å². The van der Waals surface area contributed by atoms with Crippen LogP contribution in [0.2, 0.25) is 0 Å². The first-order chi connectivity index (χ1) is 8.65. The Hall–Kier alpha value is -0.0800. The van der Waals surface area contributed by atoms with E-state index in [9.17, 15) is 0 Å². The Labute approximate surface area is 114 Å². The molecule has 0 bridgehead atoms. The summed E-state index contributed by atoms with van der Waals surface area (Å²) < 4.78 is 0. The molecule has 106 valence electrons. The second-order valence-electron chi connectivity index (χ2n) is 7.07. The highest BCUT2D eigenvalue weighted by Gasteiger charge is 2.35. The van der Waals surface area contributed by atoms with Crippen molar-refractivity contribution >= 4 is 0 Å². The number of nitrogens with one attached hydrogen (secondary N) is 1. The molecule has 0 aromatic rings. The monoisotopic (exact) mass is 252 g/mol. The average Bonchev–Trinajstić information content (AvgIpc) is 2.79. The summed E-state index contributed by atoms with van der Waals surface area (Å²) in [4.78, 5) is 2.69. The zero-order valence-corrected chi connectivity index (χ0v) is 12.7. The minimum absolute atomic E-state index is 0.576. The predicted molar refractivity (Wildman–Crippen MR) is 78.9 cm³/mol. The van der Waals surface area contributed by atoms with Crippen LogP contribution in [-0.4, -0.2) is 38.1 Å². The smallest absolute Gasteiger partial charge is 0.00926 e. The first kappa shape index (κ1) is 14.3. The van der Waals surface area contributed by atoms with E-state index in [0.717, 1.165) is 12.0 Å². The molecule has 18 heavy (non-hydrogen) atoms. The summed E-state index contributed by atoms with van der Waals surface area (Å²) in [6.45, 7) is 4.93. The largest absolute Gasteiger partial charge is 0.319 e. The van der Waals surface area contributed by atoms with Crippen LogP contribution in [0.4, 0.5) is 0 Å². The van der Waals surface area contributed by atoms with E-state index in [-0.39, 0.29) is 0 Å². The molecule has 0 aromatic carbocycles. The molecule has 1 N–H and O–H groups in total. The van der Waals surface area contributed by atoms with Gasteiger partial charge in [0.25, 0.3) is 0 Å². The van der Waals surface area contributed by atoms with E-state index in [1.54, 1.807) is 0 Å². The van der Waals surface area contributed by atoms with Crippen LogP contribution in [0.15, 0.2) is 0 Å². The first-order valence-corrected chi connectivity index (χ1v) is 8.00. The zero-order chi connectivity index (χ0) is 13.0. The average molecular weight is 252 g/mol. The molecule has 0 unspecified atom stereocenters. The normalized spacial score (nSPS) is 32.0. The quantitative estimate of drug-likeness (QED) is 0.808. The fourth-order valence-corrected chi connectivity index (χ4v) is 4.23. The highest BCUT2D eigenvalue weighted by atomic mass is 15.1. The van der Waals surface area contributed by atoms with Crippen molar-refractivity contribution in [3.8, 4) is 0 Å². The molecule has 0 saturated heterocycles. The van der Waals surface area contributed by atoms with Crippen LogP contribution in [0.5, 0.6) is 0 Å². The van der Waals surface area contributed by atoms with E-state index >= 15 is 0 Å². The van der Waals surface area contributed by atoms with Gasteiger partial charge in [0.1, 0.15) is 0 Å². The molecule has 2 aliphatic rings. The highest BCUT2D eigenvalue weighted by Crippen LogP contribution is 2.39. The molecule has 2 fully saturated rings. The van der Waals surface area contributed by atoms with Gasteiger partial charge in [-0.2, -0.15) is 0 Å². The van der Waals surface area contributed by atoms with Crippen molar-refractivity contribution in [2.45, 2.75) is 64.3 Å². The van der Waals surface area contributed by atoms with Crippen molar-refractivity contribution in [2.24, 2.45) is 11.3 Å². The lowest BCUT2D eigenvalue weighted by molar-refractivity contribution is 0.105. The van der Waals surface area contributed by atoms with E-state index in [4.69, 9.17) is 0 Å². The molecule has 0 radical (unpaired) electrons. The van der Waals surface area contributed by atoms with E-state index in [2.05, 4.69) is 31.2 Å². The van der Waals surface area contributed by atoms with Gasteiger partial charge in [-0.15, -0.1) is 0 Å². The molecular weight excluding hydrogens is 220 g/mol. The van der Waals surface area contributed by atoms with Crippen molar-refractivity contribution in [3.05, 3.63) is 0 Å². The number of nitrogens with zero attached hydrogens (tertiary/aromatic N) is 1. The molecule has 2 saturated carbocycles. The van der Waals surface area contributed by atoms with E-state index < -0.39 is 0 Å². The van der Waals surface area contributed by atoms with Gasteiger partial charge < -0.3 is 10.2 Å². The van der Waals surface area contributed by atoms with Gasteiger partial charge in [-0.05, 0) is 64.0 Å².